The van der Waals surface area contributed by atoms with E-state index in [0.717, 1.165) is 10.0 Å². The van der Waals surface area contributed by atoms with Crippen molar-refractivity contribution in [2.24, 2.45) is 0 Å². The minimum atomic E-state index is -0.298. The summed E-state index contributed by atoms with van der Waals surface area (Å²) >= 11 is 3.30. The Balaban J connectivity index is 2.88. The van der Waals surface area contributed by atoms with E-state index in [1.54, 1.807) is 13.2 Å². The molecule has 1 aromatic carbocycles. The Morgan fingerprint density at radius 2 is 2.06 bits per heavy atom. The zero-order valence-electron chi connectivity index (χ0n) is 10.7. The van der Waals surface area contributed by atoms with Crippen molar-refractivity contribution in [2.75, 3.05) is 14.2 Å². The first kappa shape index (κ1) is 14.6. The van der Waals surface area contributed by atoms with Crippen molar-refractivity contribution >= 4 is 15.9 Å². The van der Waals surface area contributed by atoms with Gasteiger partial charge in [-0.2, -0.15) is 0 Å². The van der Waals surface area contributed by atoms with Crippen LogP contribution in [0.4, 0.5) is 4.39 Å². The minimum absolute atomic E-state index is 0.126. The van der Waals surface area contributed by atoms with Gasteiger partial charge < -0.3 is 10.1 Å². The fourth-order valence-electron chi connectivity index (χ4n) is 1.80. The van der Waals surface area contributed by atoms with Crippen molar-refractivity contribution in [1.29, 1.82) is 0 Å². The molecule has 1 unspecified atom stereocenters. The van der Waals surface area contributed by atoms with Crippen LogP contribution in [0.2, 0.25) is 0 Å². The van der Waals surface area contributed by atoms with Crippen LogP contribution in [0.25, 0.3) is 0 Å². The van der Waals surface area contributed by atoms with E-state index >= 15 is 0 Å². The molecule has 1 atom stereocenters. The van der Waals surface area contributed by atoms with Crippen molar-refractivity contribution in [3.63, 3.8) is 0 Å². The second-order valence-electron chi connectivity index (χ2n) is 4.63. The Morgan fingerprint density at radius 1 is 1.41 bits per heavy atom. The zero-order chi connectivity index (χ0) is 13.1. The lowest BCUT2D eigenvalue weighted by molar-refractivity contribution is -0.00799. The van der Waals surface area contributed by atoms with Crippen LogP contribution >= 0.6 is 15.9 Å². The van der Waals surface area contributed by atoms with Gasteiger partial charge in [-0.1, -0.05) is 15.9 Å². The van der Waals surface area contributed by atoms with Crippen LogP contribution < -0.4 is 5.32 Å². The summed E-state index contributed by atoms with van der Waals surface area (Å²) in [6.07, 6.45) is 0.716. The summed E-state index contributed by atoms with van der Waals surface area (Å²) in [4.78, 5) is 0. The smallest absolute Gasteiger partial charge is 0.124 e. The first-order valence-electron chi connectivity index (χ1n) is 5.56. The fourth-order valence-corrected chi connectivity index (χ4v) is 2.31. The molecule has 4 heteroatoms. The Kier molecular flexibility index (Phi) is 5.10. The maximum absolute atomic E-state index is 13.3. The highest BCUT2D eigenvalue weighted by Crippen LogP contribution is 2.21. The number of ether oxygens (including phenoxy) is 1. The molecule has 0 bridgehead atoms. The van der Waals surface area contributed by atoms with Crippen molar-refractivity contribution in [3.05, 3.63) is 34.1 Å². The average Bonchev–Trinajstić information content (AvgIpc) is 2.24. The SMILES string of the molecule is CNC(Cc1cc(F)cc(Br)c1)C(C)(C)OC. The van der Waals surface area contributed by atoms with E-state index in [2.05, 4.69) is 21.2 Å². The Bertz CT molecular complexity index is 361. The van der Waals surface area contributed by atoms with Gasteiger partial charge in [-0.3, -0.25) is 0 Å². The maximum Gasteiger partial charge on any atom is 0.124 e. The molecule has 0 aromatic heterocycles. The number of hydrogen-bond acceptors (Lipinski definition) is 2. The van der Waals surface area contributed by atoms with E-state index in [9.17, 15) is 4.39 Å². The number of benzene rings is 1. The number of likely N-dealkylation sites (N-methyl/N-ethyl adjacent to an activating group) is 1. The molecule has 0 radical (unpaired) electrons. The van der Waals surface area contributed by atoms with Crippen LogP contribution in [0.5, 0.6) is 0 Å². The van der Waals surface area contributed by atoms with Crippen molar-refractivity contribution in [1.82, 2.24) is 5.32 Å². The second kappa shape index (κ2) is 5.94. The Morgan fingerprint density at radius 3 is 2.53 bits per heavy atom. The highest BCUT2D eigenvalue weighted by Gasteiger charge is 2.28. The second-order valence-corrected chi connectivity index (χ2v) is 5.55. The summed E-state index contributed by atoms with van der Waals surface area (Å²) in [7, 11) is 3.58. The summed E-state index contributed by atoms with van der Waals surface area (Å²) in [5, 5.41) is 3.22. The first-order chi connectivity index (χ1) is 7.89. The molecule has 0 amide bonds. The van der Waals surface area contributed by atoms with Crippen LogP contribution in [0, 0.1) is 5.82 Å². The average molecular weight is 304 g/mol. The quantitative estimate of drug-likeness (QED) is 0.902. The highest BCUT2D eigenvalue weighted by atomic mass is 79.9. The van der Waals surface area contributed by atoms with E-state index in [4.69, 9.17) is 4.74 Å². The van der Waals surface area contributed by atoms with E-state index in [1.165, 1.54) is 6.07 Å². The topological polar surface area (TPSA) is 21.3 Å². The number of hydrogen-bond donors (Lipinski definition) is 1. The van der Waals surface area contributed by atoms with Gasteiger partial charge >= 0.3 is 0 Å². The van der Waals surface area contributed by atoms with Crippen LogP contribution in [-0.2, 0) is 11.2 Å². The van der Waals surface area contributed by atoms with Gasteiger partial charge in [-0.25, -0.2) is 4.39 Å². The van der Waals surface area contributed by atoms with E-state index in [1.807, 2.05) is 27.0 Å². The molecule has 0 saturated heterocycles. The first-order valence-corrected chi connectivity index (χ1v) is 6.35. The van der Waals surface area contributed by atoms with Gasteiger partial charge in [-0.05, 0) is 51.1 Å². The summed E-state index contributed by atoms with van der Waals surface area (Å²) < 4.78 is 19.5. The third-order valence-corrected chi connectivity index (χ3v) is 3.53. The maximum atomic E-state index is 13.3. The van der Waals surface area contributed by atoms with E-state index in [0.29, 0.717) is 6.42 Å². The third-order valence-electron chi connectivity index (χ3n) is 3.08. The summed E-state index contributed by atoms with van der Waals surface area (Å²) in [6.45, 7) is 4.03. The number of methoxy groups -OCH3 is 1. The molecule has 0 aliphatic heterocycles. The zero-order valence-corrected chi connectivity index (χ0v) is 12.3. The monoisotopic (exact) mass is 303 g/mol. The molecule has 0 spiro atoms. The molecule has 0 aliphatic rings. The molecule has 1 N–H and O–H groups in total. The Hall–Kier alpha value is -0.450. The standard InChI is InChI=1S/C13H19BrFNO/c1-13(2,17-4)12(16-3)7-9-5-10(14)8-11(15)6-9/h5-6,8,12,16H,7H2,1-4H3. The van der Waals surface area contributed by atoms with Gasteiger partial charge in [-0.15, -0.1) is 0 Å². The van der Waals surface area contributed by atoms with Crippen molar-refractivity contribution < 1.29 is 9.13 Å². The van der Waals surface area contributed by atoms with E-state index < -0.39 is 0 Å². The van der Waals surface area contributed by atoms with Crippen LogP contribution in [0.3, 0.4) is 0 Å². The summed E-state index contributed by atoms with van der Waals surface area (Å²) in [5.74, 6) is -0.223. The summed E-state index contributed by atoms with van der Waals surface area (Å²) in [6, 6.07) is 5.07. The molecule has 0 fully saturated rings. The van der Waals surface area contributed by atoms with Gasteiger partial charge in [0.25, 0.3) is 0 Å². The van der Waals surface area contributed by atoms with Gasteiger partial charge in [0.2, 0.25) is 0 Å². The number of rotatable bonds is 5. The highest BCUT2D eigenvalue weighted by molar-refractivity contribution is 9.10. The minimum Gasteiger partial charge on any atom is -0.377 e. The van der Waals surface area contributed by atoms with Crippen molar-refractivity contribution in [3.8, 4) is 0 Å². The molecule has 0 heterocycles. The molecule has 17 heavy (non-hydrogen) atoms. The third kappa shape index (κ3) is 4.05. The molecule has 1 aromatic rings. The lowest BCUT2D eigenvalue weighted by Gasteiger charge is -2.33. The van der Waals surface area contributed by atoms with Crippen molar-refractivity contribution in [2.45, 2.75) is 31.9 Å². The van der Waals surface area contributed by atoms with Crippen LogP contribution in [-0.4, -0.2) is 25.8 Å². The fraction of sp³-hybridized carbons (Fsp3) is 0.538. The molecule has 96 valence electrons. The Labute approximate surface area is 111 Å². The lowest BCUT2D eigenvalue weighted by Crippen LogP contribution is -2.48. The predicted molar refractivity (Wildman–Crippen MR) is 71.7 cm³/mol. The molecule has 2 nitrogen and oxygen atoms in total. The van der Waals surface area contributed by atoms with E-state index in [-0.39, 0.29) is 17.5 Å². The lowest BCUT2D eigenvalue weighted by atomic mass is 9.92. The van der Waals surface area contributed by atoms with Gasteiger partial charge in [0, 0.05) is 17.6 Å². The largest absolute Gasteiger partial charge is 0.377 e. The van der Waals surface area contributed by atoms with Gasteiger partial charge in [0.1, 0.15) is 5.82 Å². The van der Waals surface area contributed by atoms with Gasteiger partial charge in [0.15, 0.2) is 0 Å². The predicted octanol–water partition coefficient (Wildman–Crippen LogP) is 3.14. The molecule has 1 rings (SSSR count). The van der Waals surface area contributed by atoms with Gasteiger partial charge in [0.05, 0.1) is 5.60 Å². The molecule has 0 aliphatic carbocycles. The number of nitrogens with one attached hydrogen (secondary N) is 1. The van der Waals surface area contributed by atoms with Crippen LogP contribution in [0.1, 0.15) is 19.4 Å². The summed E-state index contributed by atoms with van der Waals surface area (Å²) in [5.41, 5.74) is 0.648. The molecular formula is C13H19BrFNO. The number of halogens is 2. The normalized spacial score (nSPS) is 13.8. The van der Waals surface area contributed by atoms with Crippen LogP contribution in [0.15, 0.2) is 22.7 Å². The molecule has 0 saturated carbocycles. The molecular weight excluding hydrogens is 285 g/mol.